The molecular formula is C16H17N5OS. The van der Waals surface area contributed by atoms with Crippen LogP contribution in [0.15, 0.2) is 35.4 Å². The van der Waals surface area contributed by atoms with Crippen molar-refractivity contribution in [1.29, 1.82) is 0 Å². The molecule has 0 aliphatic rings. The molecule has 0 atom stereocenters. The van der Waals surface area contributed by atoms with Crippen molar-refractivity contribution in [1.82, 2.24) is 14.8 Å². The highest BCUT2D eigenvalue weighted by molar-refractivity contribution is 7.98. The van der Waals surface area contributed by atoms with E-state index in [1.165, 1.54) is 6.20 Å². The second kappa shape index (κ2) is 5.92. The van der Waals surface area contributed by atoms with Gasteiger partial charge >= 0.3 is 0 Å². The Labute approximate surface area is 138 Å². The van der Waals surface area contributed by atoms with Crippen molar-refractivity contribution in [3.63, 3.8) is 0 Å². The highest BCUT2D eigenvalue weighted by atomic mass is 32.2. The van der Waals surface area contributed by atoms with E-state index in [4.69, 9.17) is 5.73 Å². The second-order valence-corrected chi connectivity index (χ2v) is 6.06. The molecule has 2 heterocycles. The first-order valence-electron chi connectivity index (χ1n) is 7.04. The average molecular weight is 327 g/mol. The zero-order valence-electron chi connectivity index (χ0n) is 13.1. The fourth-order valence-electron chi connectivity index (χ4n) is 2.57. The molecule has 3 N–H and O–H groups in total. The number of primary amides is 1. The maximum Gasteiger partial charge on any atom is 0.252 e. The van der Waals surface area contributed by atoms with Crippen LogP contribution in [0.5, 0.6) is 0 Å². The minimum Gasteiger partial charge on any atom is -0.365 e. The number of pyridine rings is 1. The van der Waals surface area contributed by atoms with Crippen LogP contribution >= 0.6 is 11.8 Å². The maximum absolute atomic E-state index is 11.8. The Hall–Kier alpha value is -2.54. The number of hydrogen-bond acceptors (Lipinski definition) is 5. The molecule has 3 aromatic rings. The average Bonchev–Trinajstić information content (AvgIpc) is 2.82. The lowest BCUT2D eigenvalue weighted by Gasteiger charge is -2.12. The lowest BCUT2D eigenvalue weighted by atomic mass is 10.1. The molecule has 0 saturated heterocycles. The van der Waals surface area contributed by atoms with Crippen molar-refractivity contribution in [2.45, 2.75) is 11.8 Å². The maximum atomic E-state index is 11.8. The number of nitrogens with zero attached hydrogens (tertiary/aromatic N) is 3. The summed E-state index contributed by atoms with van der Waals surface area (Å²) in [7, 11) is 1.82. The fraction of sp³-hybridized carbons (Fsp3) is 0.188. The smallest absolute Gasteiger partial charge is 0.252 e. The molecule has 0 spiro atoms. The van der Waals surface area contributed by atoms with Gasteiger partial charge in [-0.05, 0) is 31.4 Å². The fourth-order valence-corrected chi connectivity index (χ4v) is 3.03. The Bertz CT molecular complexity index is 903. The molecule has 0 unspecified atom stereocenters. The van der Waals surface area contributed by atoms with Crippen LogP contribution in [-0.4, -0.2) is 26.9 Å². The largest absolute Gasteiger partial charge is 0.365 e. The van der Waals surface area contributed by atoms with Crippen molar-refractivity contribution >= 4 is 40.1 Å². The van der Waals surface area contributed by atoms with E-state index < -0.39 is 5.91 Å². The molecule has 0 aliphatic carbocycles. The summed E-state index contributed by atoms with van der Waals surface area (Å²) in [6, 6.07) is 7.96. The molecule has 0 bridgehead atoms. The van der Waals surface area contributed by atoms with Crippen LogP contribution < -0.4 is 11.1 Å². The number of benzene rings is 1. The molecule has 1 aromatic carbocycles. The van der Waals surface area contributed by atoms with Crippen molar-refractivity contribution in [3.05, 3.63) is 41.7 Å². The van der Waals surface area contributed by atoms with Gasteiger partial charge in [-0.25, -0.2) is 4.98 Å². The second-order valence-electron chi connectivity index (χ2n) is 5.18. The molecule has 0 aliphatic heterocycles. The zero-order chi connectivity index (χ0) is 16.6. The molecule has 118 valence electrons. The minimum absolute atomic E-state index is 0.350. The number of amides is 1. The number of thioether (sulfide) groups is 1. The van der Waals surface area contributed by atoms with Crippen LogP contribution in [0.1, 0.15) is 16.1 Å². The summed E-state index contributed by atoms with van der Waals surface area (Å²) in [5.74, 6) is -0.522. The predicted octanol–water partition coefficient (Wildman–Crippen LogP) is 2.84. The normalized spacial score (nSPS) is 10.9. The summed E-state index contributed by atoms with van der Waals surface area (Å²) in [4.78, 5) is 17.3. The van der Waals surface area contributed by atoms with Gasteiger partial charge in [-0.2, -0.15) is 5.10 Å². The topological polar surface area (TPSA) is 85.8 Å². The van der Waals surface area contributed by atoms with Crippen molar-refractivity contribution < 1.29 is 4.79 Å². The molecule has 2 aromatic heterocycles. The van der Waals surface area contributed by atoms with E-state index in [2.05, 4.69) is 15.4 Å². The number of hydrogen-bond donors (Lipinski definition) is 2. The standard InChI is InChI=1S/C16H17N5OS/c1-9-13-14(19-10-5-4-6-11(7-10)23-3)12(15(17)22)8-18-16(13)21(2)20-9/h4-8H,1-3H3,(H2,17,22)(H,18,19). The van der Waals surface area contributed by atoms with E-state index in [1.54, 1.807) is 16.4 Å². The number of carbonyl (C=O) groups excluding carboxylic acids is 1. The number of nitrogens with one attached hydrogen (secondary N) is 1. The number of carbonyl (C=O) groups is 1. The third-order valence-electron chi connectivity index (χ3n) is 3.63. The first-order valence-corrected chi connectivity index (χ1v) is 8.27. The first kappa shape index (κ1) is 15.4. The number of aryl methyl sites for hydroxylation is 2. The van der Waals surface area contributed by atoms with Crippen molar-refractivity contribution in [2.24, 2.45) is 12.8 Å². The lowest BCUT2D eigenvalue weighted by molar-refractivity contribution is 0.100. The summed E-state index contributed by atoms with van der Waals surface area (Å²) in [6.45, 7) is 1.89. The number of nitrogens with two attached hydrogens (primary N) is 1. The molecule has 0 fully saturated rings. The summed E-state index contributed by atoms with van der Waals surface area (Å²) < 4.78 is 1.69. The van der Waals surface area contributed by atoms with Crippen LogP contribution in [0.3, 0.4) is 0 Å². The summed E-state index contributed by atoms with van der Waals surface area (Å²) in [5, 5.41) is 8.51. The van der Waals surface area contributed by atoms with Crippen molar-refractivity contribution in [2.75, 3.05) is 11.6 Å². The van der Waals surface area contributed by atoms with Gasteiger partial charge in [0.15, 0.2) is 5.65 Å². The summed E-state index contributed by atoms with van der Waals surface area (Å²) in [6.07, 6.45) is 3.51. The van der Waals surface area contributed by atoms with Gasteiger partial charge < -0.3 is 11.1 Å². The number of rotatable bonds is 4. The third kappa shape index (κ3) is 2.75. The van der Waals surface area contributed by atoms with Gasteiger partial charge in [-0.15, -0.1) is 11.8 Å². The van der Waals surface area contributed by atoms with Gasteiger partial charge in [0.1, 0.15) is 0 Å². The van der Waals surface area contributed by atoms with E-state index in [1.807, 2.05) is 44.5 Å². The summed E-state index contributed by atoms with van der Waals surface area (Å²) in [5.41, 5.74) is 8.90. The lowest BCUT2D eigenvalue weighted by Crippen LogP contribution is -2.14. The SMILES string of the molecule is CSc1cccc(Nc2c(C(N)=O)cnc3c2c(C)nn3C)c1. The molecule has 1 amide bonds. The van der Waals surface area contributed by atoms with E-state index >= 15 is 0 Å². The van der Waals surface area contributed by atoms with Gasteiger partial charge in [0, 0.05) is 23.8 Å². The highest BCUT2D eigenvalue weighted by Gasteiger charge is 2.18. The molecule has 7 heteroatoms. The van der Waals surface area contributed by atoms with Gasteiger partial charge in [0.25, 0.3) is 5.91 Å². The van der Waals surface area contributed by atoms with Gasteiger partial charge in [0.2, 0.25) is 0 Å². The van der Waals surface area contributed by atoms with Gasteiger partial charge in [-0.1, -0.05) is 6.07 Å². The molecule has 0 saturated carbocycles. The first-order chi connectivity index (χ1) is 11.0. The Morgan fingerprint density at radius 3 is 2.87 bits per heavy atom. The Balaban J connectivity index is 2.21. The van der Waals surface area contributed by atoms with Crippen molar-refractivity contribution in [3.8, 4) is 0 Å². The van der Waals surface area contributed by atoms with Crippen LogP contribution in [0, 0.1) is 6.92 Å². The van der Waals surface area contributed by atoms with Crippen LogP contribution in [0.4, 0.5) is 11.4 Å². The van der Waals surface area contributed by atoms with E-state index in [0.717, 1.165) is 21.7 Å². The Morgan fingerprint density at radius 2 is 2.17 bits per heavy atom. The van der Waals surface area contributed by atoms with Gasteiger partial charge in [-0.3, -0.25) is 9.48 Å². The van der Waals surface area contributed by atoms with Crippen LogP contribution in [0.25, 0.3) is 11.0 Å². The zero-order valence-corrected chi connectivity index (χ0v) is 13.9. The minimum atomic E-state index is -0.522. The Morgan fingerprint density at radius 1 is 1.39 bits per heavy atom. The third-order valence-corrected chi connectivity index (χ3v) is 4.36. The Kier molecular flexibility index (Phi) is 3.96. The predicted molar refractivity (Wildman–Crippen MR) is 93.3 cm³/mol. The molecule has 6 nitrogen and oxygen atoms in total. The molecule has 23 heavy (non-hydrogen) atoms. The summed E-state index contributed by atoms with van der Waals surface area (Å²) >= 11 is 1.65. The number of fused-ring (bicyclic) bond motifs is 1. The monoisotopic (exact) mass is 327 g/mol. The van der Waals surface area contributed by atoms with Crippen LogP contribution in [-0.2, 0) is 7.05 Å². The van der Waals surface area contributed by atoms with E-state index in [9.17, 15) is 4.79 Å². The highest BCUT2D eigenvalue weighted by Crippen LogP contribution is 2.31. The van der Waals surface area contributed by atoms with E-state index in [-0.39, 0.29) is 0 Å². The van der Waals surface area contributed by atoms with Gasteiger partial charge in [0.05, 0.1) is 22.3 Å². The molecule has 3 rings (SSSR count). The number of aromatic nitrogens is 3. The van der Waals surface area contributed by atoms with Crippen LogP contribution in [0.2, 0.25) is 0 Å². The molecular weight excluding hydrogens is 310 g/mol. The number of anilines is 2. The molecule has 0 radical (unpaired) electrons. The quantitative estimate of drug-likeness (QED) is 0.720. The van der Waals surface area contributed by atoms with E-state index in [0.29, 0.717) is 16.9 Å².